The summed E-state index contributed by atoms with van der Waals surface area (Å²) in [5.41, 5.74) is 2.09. The van der Waals surface area contributed by atoms with Crippen LogP contribution in [-0.2, 0) is 23.1 Å². The smallest absolute Gasteiger partial charge is 0.243 e. The number of nitrogens with one attached hydrogen (secondary N) is 1. The van der Waals surface area contributed by atoms with Gasteiger partial charge in [-0.2, -0.15) is 4.31 Å². The van der Waals surface area contributed by atoms with Crippen LogP contribution in [0.2, 0.25) is 0 Å². The van der Waals surface area contributed by atoms with Crippen LogP contribution in [0.1, 0.15) is 16.0 Å². The molecule has 1 N–H and O–H groups in total. The monoisotopic (exact) mass is 324 g/mol. The van der Waals surface area contributed by atoms with Gasteiger partial charge in [0.2, 0.25) is 10.0 Å². The third-order valence-electron chi connectivity index (χ3n) is 3.35. The van der Waals surface area contributed by atoms with Gasteiger partial charge in [0.05, 0.1) is 4.90 Å². The standard InChI is InChI=1S/C15H20N2O2S2/c1-12-6-7-15(9-13(12)10-16-2)21(18,19)17(3)11-14-5-4-8-20-14/h4-9,16H,10-11H2,1-3H3. The summed E-state index contributed by atoms with van der Waals surface area (Å²) in [5, 5.41) is 5.01. The zero-order valence-corrected chi connectivity index (χ0v) is 14.1. The van der Waals surface area contributed by atoms with Gasteiger partial charge < -0.3 is 5.32 Å². The van der Waals surface area contributed by atoms with Gasteiger partial charge in [-0.15, -0.1) is 11.3 Å². The minimum atomic E-state index is -3.46. The highest BCUT2D eigenvalue weighted by Gasteiger charge is 2.21. The molecule has 0 radical (unpaired) electrons. The Balaban J connectivity index is 2.28. The quantitative estimate of drug-likeness (QED) is 0.888. The molecule has 0 fully saturated rings. The fourth-order valence-corrected chi connectivity index (χ4v) is 4.12. The summed E-state index contributed by atoms with van der Waals surface area (Å²) < 4.78 is 26.7. The van der Waals surface area contributed by atoms with Crippen LogP contribution in [0.5, 0.6) is 0 Å². The largest absolute Gasteiger partial charge is 0.316 e. The molecule has 6 heteroatoms. The first-order valence-electron chi connectivity index (χ1n) is 6.68. The maximum Gasteiger partial charge on any atom is 0.243 e. The maximum atomic E-state index is 12.6. The van der Waals surface area contributed by atoms with Crippen LogP contribution in [0.15, 0.2) is 40.6 Å². The van der Waals surface area contributed by atoms with Gasteiger partial charge in [-0.1, -0.05) is 12.1 Å². The molecule has 1 heterocycles. The van der Waals surface area contributed by atoms with Crippen molar-refractivity contribution in [3.8, 4) is 0 Å². The third kappa shape index (κ3) is 3.71. The Morgan fingerprint density at radius 2 is 2.05 bits per heavy atom. The molecule has 1 aromatic carbocycles. The summed E-state index contributed by atoms with van der Waals surface area (Å²) in [5.74, 6) is 0. The summed E-state index contributed by atoms with van der Waals surface area (Å²) >= 11 is 1.56. The molecule has 2 rings (SSSR count). The highest BCUT2D eigenvalue weighted by Crippen LogP contribution is 2.21. The lowest BCUT2D eigenvalue weighted by Crippen LogP contribution is -2.26. The van der Waals surface area contributed by atoms with Gasteiger partial charge in [0, 0.05) is 25.0 Å². The van der Waals surface area contributed by atoms with Crippen LogP contribution >= 0.6 is 11.3 Å². The van der Waals surface area contributed by atoms with Crippen LogP contribution in [0, 0.1) is 6.92 Å². The van der Waals surface area contributed by atoms with E-state index >= 15 is 0 Å². The van der Waals surface area contributed by atoms with E-state index in [4.69, 9.17) is 0 Å². The molecule has 0 spiro atoms. The summed E-state index contributed by atoms with van der Waals surface area (Å²) in [6.45, 7) is 3.04. The SMILES string of the molecule is CNCc1cc(S(=O)(=O)N(C)Cc2cccs2)ccc1C. The van der Waals surface area contributed by atoms with E-state index in [2.05, 4.69) is 5.32 Å². The van der Waals surface area contributed by atoms with Gasteiger partial charge in [-0.3, -0.25) is 0 Å². The Morgan fingerprint density at radius 1 is 1.29 bits per heavy atom. The normalized spacial score (nSPS) is 12.0. The Kier molecular flexibility index (Phi) is 5.16. The number of sulfonamides is 1. The Hall–Kier alpha value is -1.21. The molecule has 114 valence electrons. The molecular formula is C15H20N2O2S2. The second kappa shape index (κ2) is 6.70. The lowest BCUT2D eigenvalue weighted by atomic mass is 10.1. The molecule has 4 nitrogen and oxygen atoms in total. The first-order chi connectivity index (χ1) is 9.95. The zero-order valence-electron chi connectivity index (χ0n) is 12.5. The summed E-state index contributed by atoms with van der Waals surface area (Å²) in [7, 11) is 0.00802. The molecule has 0 aliphatic heterocycles. The first-order valence-corrected chi connectivity index (χ1v) is 9.00. The van der Waals surface area contributed by atoms with Crippen molar-refractivity contribution in [2.24, 2.45) is 0 Å². The van der Waals surface area contributed by atoms with Crippen molar-refractivity contribution in [2.45, 2.75) is 24.9 Å². The van der Waals surface area contributed by atoms with Crippen molar-refractivity contribution < 1.29 is 8.42 Å². The van der Waals surface area contributed by atoms with Crippen LogP contribution in [-0.4, -0.2) is 26.8 Å². The van der Waals surface area contributed by atoms with Crippen molar-refractivity contribution in [3.63, 3.8) is 0 Å². The average Bonchev–Trinajstić information content (AvgIpc) is 2.94. The number of nitrogens with zero attached hydrogens (tertiary/aromatic N) is 1. The second-order valence-electron chi connectivity index (χ2n) is 4.96. The molecule has 0 aliphatic carbocycles. The zero-order chi connectivity index (χ0) is 15.5. The van der Waals surface area contributed by atoms with Gasteiger partial charge in [-0.05, 0) is 48.7 Å². The topological polar surface area (TPSA) is 49.4 Å². The van der Waals surface area contributed by atoms with Crippen LogP contribution in [0.25, 0.3) is 0 Å². The molecule has 21 heavy (non-hydrogen) atoms. The number of hydrogen-bond donors (Lipinski definition) is 1. The van der Waals surface area contributed by atoms with Crippen LogP contribution in [0.3, 0.4) is 0 Å². The van der Waals surface area contributed by atoms with E-state index in [1.165, 1.54) is 4.31 Å². The number of hydrogen-bond acceptors (Lipinski definition) is 4. The molecule has 2 aromatic rings. The van der Waals surface area contributed by atoms with Crippen LogP contribution < -0.4 is 5.32 Å². The lowest BCUT2D eigenvalue weighted by Gasteiger charge is -2.17. The van der Waals surface area contributed by atoms with Crippen molar-refractivity contribution >= 4 is 21.4 Å². The van der Waals surface area contributed by atoms with E-state index in [-0.39, 0.29) is 0 Å². The predicted molar refractivity (Wildman–Crippen MR) is 86.9 cm³/mol. The van der Waals surface area contributed by atoms with Gasteiger partial charge in [-0.25, -0.2) is 8.42 Å². The third-order valence-corrected chi connectivity index (χ3v) is 6.02. The van der Waals surface area contributed by atoms with E-state index in [1.807, 2.05) is 37.6 Å². The number of rotatable bonds is 6. The van der Waals surface area contributed by atoms with Crippen molar-refractivity contribution in [1.82, 2.24) is 9.62 Å². The summed E-state index contributed by atoms with van der Waals surface area (Å²) in [4.78, 5) is 1.38. The van der Waals surface area contributed by atoms with E-state index in [9.17, 15) is 8.42 Å². The molecule has 0 atom stereocenters. The maximum absolute atomic E-state index is 12.6. The van der Waals surface area contributed by atoms with E-state index in [0.717, 1.165) is 16.0 Å². The number of aryl methyl sites for hydroxylation is 1. The molecule has 0 saturated heterocycles. The van der Waals surface area contributed by atoms with Crippen molar-refractivity contribution in [2.75, 3.05) is 14.1 Å². The Bertz CT molecular complexity index is 694. The van der Waals surface area contributed by atoms with Gasteiger partial charge in [0.15, 0.2) is 0 Å². The average molecular weight is 324 g/mol. The molecule has 1 aromatic heterocycles. The summed E-state index contributed by atoms with van der Waals surface area (Å²) in [6.07, 6.45) is 0. The molecule has 0 unspecified atom stereocenters. The van der Waals surface area contributed by atoms with Crippen molar-refractivity contribution in [1.29, 1.82) is 0 Å². The molecule has 0 amide bonds. The number of benzene rings is 1. The predicted octanol–water partition coefficient (Wildman–Crippen LogP) is 2.60. The van der Waals surface area contributed by atoms with Crippen LogP contribution in [0.4, 0.5) is 0 Å². The first kappa shape index (κ1) is 16.2. The van der Waals surface area contributed by atoms with E-state index in [0.29, 0.717) is 18.0 Å². The fourth-order valence-electron chi connectivity index (χ4n) is 2.08. The minimum absolute atomic E-state index is 0.345. The van der Waals surface area contributed by atoms with Gasteiger partial charge in [0.25, 0.3) is 0 Å². The van der Waals surface area contributed by atoms with E-state index in [1.54, 1.807) is 30.5 Å². The number of thiophene rings is 1. The highest BCUT2D eigenvalue weighted by atomic mass is 32.2. The molecule has 0 aliphatic rings. The van der Waals surface area contributed by atoms with Gasteiger partial charge >= 0.3 is 0 Å². The summed E-state index contributed by atoms with van der Waals surface area (Å²) in [6, 6.07) is 9.16. The molecule has 0 saturated carbocycles. The fraction of sp³-hybridized carbons (Fsp3) is 0.333. The lowest BCUT2D eigenvalue weighted by molar-refractivity contribution is 0.469. The Morgan fingerprint density at radius 3 is 2.67 bits per heavy atom. The molecular weight excluding hydrogens is 304 g/mol. The van der Waals surface area contributed by atoms with E-state index < -0.39 is 10.0 Å². The van der Waals surface area contributed by atoms with Crippen molar-refractivity contribution in [3.05, 3.63) is 51.7 Å². The van der Waals surface area contributed by atoms with Gasteiger partial charge in [0.1, 0.15) is 0 Å². The Labute approximate surface area is 130 Å². The molecule has 0 bridgehead atoms. The highest BCUT2D eigenvalue weighted by molar-refractivity contribution is 7.89. The minimum Gasteiger partial charge on any atom is -0.316 e. The second-order valence-corrected chi connectivity index (χ2v) is 8.04.